The number of nitrogens with zero attached hydrogens (tertiary/aromatic N) is 3. The van der Waals surface area contributed by atoms with Crippen LogP contribution < -0.4 is 5.73 Å². The monoisotopic (exact) mass is 284 g/mol. The van der Waals surface area contributed by atoms with Crippen LogP contribution in [0.25, 0.3) is 0 Å². The van der Waals surface area contributed by atoms with Crippen LogP contribution in [0.5, 0.6) is 0 Å². The van der Waals surface area contributed by atoms with Crippen LogP contribution in [-0.4, -0.2) is 80.0 Å². The van der Waals surface area contributed by atoms with Gasteiger partial charge < -0.3 is 20.4 Å². The largest absolute Gasteiger partial charge is 0.343 e. The Morgan fingerprint density at radius 2 is 1.90 bits per heavy atom. The number of rotatable bonds is 7. The molecule has 1 atom stereocenters. The van der Waals surface area contributed by atoms with Crippen molar-refractivity contribution in [3.8, 4) is 0 Å². The molecular formula is C15H32N4O. The smallest absolute Gasteiger partial charge is 0.239 e. The number of hydrogen-bond acceptors (Lipinski definition) is 4. The molecule has 1 aliphatic heterocycles. The van der Waals surface area contributed by atoms with Crippen LogP contribution in [0.2, 0.25) is 0 Å². The van der Waals surface area contributed by atoms with Gasteiger partial charge >= 0.3 is 0 Å². The Balaban J connectivity index is 2.29. The molecule has 1 rings (SSSR count). The molecule has 0 spiro atoms. The van der Waals surface area contributed by atoms with E-state index in [9.17, 15) is 4.79 Å². The highest BCUT2D eigenvalue weighted by Gasteiger charge is 2.22. The minimum atomic E-state index is -0.335. The van der Waals surface area contributed by atoms with Crippen molar-refractivity contribution in [3.05, 3.63) is 0 Å². The zero-order chi connectivity index (χ0) is 15.1. The molecule has 2 N–H and O–H groups in total. The number of likely N-dealkylation sites (tertiary alicyclic amines) is 1. The van der Waals surface area contributed by atoms with E-state index in [0.29, 0.717) is 6.04 Å². The summed E-state index contributed by atoms with van der Waals surface area (Å²) in [6.07, 6.45) is 4.17. The van der Waals surface area contributed by atoms with Crippen molar-refractivity contribution in [2.75, 3.05) is 47.3 Å². The summed E-state index contributed by atoms with van der Waals surface area (Å²) in [5.41, 5.74) is 5.88. The van der Waals surface area contributed by atoms with Gasteiger partial charge in [0, 0.05) is 26.2 Å². The molecule has 5 heteroatoms. The molecule has 1 amide bonds. The zero-order valence-electron chi connectivity index (χ0n) is 13.6. The Morgan fingerprint density at radius 3 is 2.45 bits per heavy atom. The Hall–Kier alpha value is -0.650. The minimum absolute atomic E-state index is 0.0728. The molecule has 1 aliphatic rings. The van der Waals surface area contributed by atoms with Crippen molar-refractivity contribution in [1.29, 1.82) is 0 Å². The molecule has 118 valence electrons. The number of carbonyl (C=O) groups excluding carboxylic acids is 1. The third-order valence-corrected chi connectivity index (χ3v) is 4.39. The second kappa shape index (κ2) is 8.60. The van der Waals surface area contributed by atoms with Crippen molar-refractivity contribution in [2.45, 2.75) is 44.7 Å². The SMILES string of the molecule is CCC[C@H](N)C(=O)N(C)CCN(C)C1CCN(C)CC1. The van der Waals surface area contributed by atoms with Gasteiger partial charge in [0.1, 0.15) is 0 Å². The van der Waals surface area contributed by atoms with Gasteiger partial charge in [-0.3, -0.25) is 4.79 Å². The van der Waals surface area contributed by atoms with Crippen molar-refractivity contribution < 1.29 is 4.79 Å². The van der Waals surface area contributed by atoms with Crippen LogP contribution in [0.1, 0.15) is 32.6 Å². The number of likely N-dealkylation sites (N-methyl/N-ethyl adjacent to an activating group) is 2. The first-order valence-corrected chi connectivity index (χ1v) is 7.85. The maximum atomic E-state index is 12.0. The minimum Gasteiger partial charge on any atom is -0.343 e. The molecule has 0 bridgehead atoms. The van der Waals surface area contributed by atoms with E-state index < -0.39 is 0 Å². The number of nitrogens with two attached hydrogens (primary N) is 1. The molecular weight excluding hydrogens is 252 g/mol. The standard InChI is InChI=1S/C15H32N4O/c1-5-6-14(16)15(20)19(4)12-11-18(3)13-7-9-17(2)10-8-13/h13-14H,5-12,16H2,1-4H3/t14-/m0/s1. The maximum Gasteiger partial charge on any atom is 0.239 e. The van der Waals surface area contributed by atoms with Gasteiger partial charge in [0.25, 0.3) is 0 Å². The first-order chi connectivity index (χ1) is 9.45. The molecule has 0 unspecified atom stereocenters. The van der Waals surface area contributed by atoms with Gasteiger partial charge in [0.05, 0.1) is 6.04 Å². The predicted octanol–water partition coefficient (Wildman–Crippen LogP) is 0.598. The average molecular weight is 284 g/mol. The lowest BCUT2D eigenvalue weighted by atomic mass is 10.0. The molecule has 0 aromatic carbocycles. The van der Waals surface area contributed by atoms with Crippen LogP contribution in [0.15, 0.2) is 0 Å². The summed E-state index contributed by atoms with van der Waals surface area (Å²) in [7, 11) is 6.21. The van der Waals surface area contributed by atoms with Gasteiger partial charge in [-0.25, -0.2) is 0 Å². The highest BCUT2D eigenvalue weighted by Crippen LogP contribution is 2.13. The van der Waals surface area contributed by atoms with E-state index in [2.05, 4.69) is 30.8 Å². The van der Waals surface area contributed by atoms with Gasteiger partial charge in [-0.1, -0.05) is 13.3 Å². The molecule has 0 aliphatic carbocycles. The summed E-state index contributed by atoms with van der Waals surface area (Å²) in [5, 5.41) is 0. The fraction of sp³-hybridized carbons (Fsp3) is 0.933. The fourth-order valence-corrected chi connectivity index (χ4v) is 2.75. The van der Waals surface area contributed by atoms with E-state index in [-0.39, 0.29) is 11.9 Å². The summed E-state index contributed by atoms with van der Waals surface area (Å²) in [5.74, 6) is 0.0728. The fourth-order valence-electron chi connectivity index (χ4n) is 2.75. The first kappa shape index (κ1) is 17.4. The van der Waals surface area contributed by atoms with Gasteiger partial charge in [-0.05, 0) is 46.4 Å². The lowest BCUT2D eigenvalue weighted by molar-refractivity contribution is -0.131. The van der Waals surface area contributed by atoms with Gasteiger partial charge in [0.15, 0.2) is 0 Å². The average Bonchev–Trinajstić information content (AvgIpc) is 2.44. The number of piperidine rings is 1. The van der Waals surface area contributed by atoms with Gasteiger partial charge in [0.2, 0.25) is 5.91 Å². The molecule has 5 nitrogen and oxygen atoms in total. The van der Waals surface area contributed by atoms with Crippen LogP contribution in [0.3, 0.4) is 0 Å². The molecule has 1 fully saturated rings. The summed E-state index contributed by atoms with van der Waals surface area (Å²) in [6.45, 7) is 6.09. The van der Waals surface area contributed by atoms with E-state index in [1.807, 2.05) is 7.05 Å². The zero-order valence-corrected chi connectivity index (χ0v) is 13.6. The number of carbonyl (C=O) groups is 1. The second-order valence-electron chi connectivity index (χ2n) is 6.17. The van der Waals surface area contributed by atoms with Crippen molar-refractivity contribution in [3.63, 3.8) is 0 Å². The maximum absolute atomic E-state index is 12.0. The second-order valence-corrected chi connectivity index (χ2v) is 6.17. The van der Waals surface area contributed by atoms with Crippen LogP contribution in [-0.2, 0) is 4.79 Å². The van der Waals surface area contributed by atoms with Crippen LogP contribution in [0, 0.1) is 0 Å². The summed E-state index contributed by atoms with van der Waals surface area (Å²) >= 11 is 0. The molecule has 0 aromatic heterocycles. The Bertz CT molecular complexity index is 290. The van der Waals surface area contributed by atoms with E-state index in [4.69, 9.17) is 5.73 Å². The molecule has 0 aromatic rings. The summed E-state index contributed by atoms with van der Waals surface area (Å²) in [6, 6.07) is 0.317. The first-order valence-electron chi connectivity index (χ1n) is 7.85. The Morgan fingerprint density at radius 1 is 1.30 bits per heavy atom. The third-order valence-electron chi connectivity index (χ3n) is 4.39. The number of amides is 1. The molecule has 0 saturated carbocycles. The van der Waals surface area contributed by atoms with E-state index in [0.717, 1.165) is 25.9 Å². The molecule has 20 heavy (non-hydrogen) atoms. The Labute approximate surface area is 124 Å². The molecule has 0 radical (unpaired) electrons. The van der Waals surface area contributed by atoms with Crippen molar-refractivity contribution in [1.82, 2.24) is 14.7 Å². The quantitative estimate of drug-likeness (QED) is 0.744. The normalized spacial score (nSPS) is 19.3. The van der Waals surface area contributed by atoms with Crippen LogP contribution in [0.4, 0.5) is 0 Å². The van der Waals surface area contributed by atoms with Crippen molar-refractivity contribution in [2.24, 2.45) is 5.73 Å². The predicted molar refractivity (Wildman–Crippen MR) is 83.7 cm³/mol. The van der Waals surface area contributed by atoms with E-state index >= 15 is 0 Å². The van der Waals surface area contributed by atoms with Gasteiger partial charge in [-0.15, -0.1) is 0 Å². The summed E-state index contributed by atoms with van der Waals surface area (Å²) < 4.78 is 0. The highest BCUT2D eigenvalue weighted by atomic mass is 16.2. The van der Waals surface area contributed by atoms with Crippen molar-refractivity contribution >= 4 is 5.91 Å². The molecule has 1 heterocycles. The summed E-state index contributed by atoms with van der Waals surface area (Å²) in [4.78, 5) is 18.6. The molecule has 1 saturated heterocycles. The van der Waals surface area contributed by atoms with Gasteiger partial charge in [-0.2, -0.15) is 0 Å². The van der Waals surface area contributed by atoms with E-state index in [1.54, 1.807) is 4.90 Å². The number of hydrogen-bond donors (Lipinski definition) is 1. The van der Waals surface area contributed by atoms with E-state index in [1.165, 1.54) is 25.9 Å². The topological polar surface area (TPSA) is 52.8 Å². The lowest BCUT2D eigenvalue weighted by Gasteiger charge is -2.36. The van der Waals surface area contributed by atoms with Crippen LogP contribution >= 0.6 is 0 Å². The highest BCUT2D eigenvalue weighted by molar-refractivity contribution is 5.81. The lowest BCUT2D eigenvalue weighted by Crippen LogP contribution is -2.47. The Kier molecular flexibility index (Phi) is 7.48. The third kappa shape index (κ3) is 5.38.